The third-order valence-corrected chi connectivity index (χ3v) is 2.29. The van der Waals surface area contributed by atoms with E-state index in [9.17, 15) is 0 Å². The summed E-state index contributed by atoms with van der Waals surface area (Å²) in [7, 11) is 7.26. The molecule has 0 aromatic heterocycles. The molecule has 8 heavy (non-hydrogen) atoms. The second-order valence-corrected chi connectivity index (χ2v) is 3.26. The van der Waals surface area contributed by atoms with E-state index in [1.54, 1.807) is 0 Å². The Morgan fingerprint density at radius 1 is 1.00 bits per heavy atom. The van der Waals surface area contributed by atoms with Crippen LogP contribution in [-0.2, 0) is 13.6 Å². The van der Waals surface area contributed by atoms with E-state index in [1.165, 1.54) is 21.3 Å². The van der Waals surface area contributed by atoms with Crippen LogP contribution in [0.2, 0.25) is 0 Å². The molecule has 0 aliphatic rings. The first-order chi connectivity index (χ1) is 3.68. The molecule has 0 N–H and O–H groups in total. The van der Waals surface area contributed by atoms with Gasteiger partial charge >= 0.3 is 0 Å². The van der Waals surface area contributed by atoms with Crippen molar-refractivity contribution in [3.63, 3.8) is 0 Å². The van der Waals surface area contributed by atoms with Crippen LogP contribution in [-0.4, -0.2) is 28.9 Å². The minimum atomic E-state index is -2.41. The molecule has 0 saturated heterocycles. The zero-order chi connectivity index (χ0) is 6.62. The van der Waals surface area contributed by atoms with Crippen LogP contribution in [0.1, 0.15) is 0 Å². The van der Waals surface area contributed by atoms with Crippen LogP contribution in [0.5, 0.6) is 0 Å². The van der Waals surface area contributed by atoms with Crippen molar-refractivity contribution in [3.8, 4) is 0 Å². The summed E-state index contributed by atoms with van der Waals surface area (Å²) >= 11 is 0. The van der Waals surface area contributed by atoms with E-state index in [0.717, 1.165) is 0 Å². The average Bonchev–Trinajstić information content (AvgIpc) is 1.87. The van der Waals surface area contributed by atoms with Crippen LogP contribution < -0.4 is 0 Å². The van der Waals surface area contributed by atoms with Crippen molar-refractivity contribution in [1.29, 1.82) is 0 Å². The van der Waals surface area contributed by atoms with Gasteiger partial charge in [0.2, 0.25) is 0 Å². The van der Waals surface area contributed by atoms with Crippen molar-refractivity contribution in [2.45, 2.75) is 0 Å². The third kappa shape index (κ3) is 2.10. The van der Waals surface area contributed by atoms with E-state index in [-0.39, 0.29) is 0 Å². The summed E-state index contributed by atoms with van der Waals surface area (Å²) in [5, 5.41) is 0. The van der Waals surface area contributed by atoms with Gasteiger partial charge in [0.15, 0.2) is 0 Å². The average molecular weight is 135 g/mol. The van der Waals surface area contributed by atoms with Gasteiger partial charge in [0, 0.05) is 0 Å². The van der Waals surface area contributed by atoms with Crippen molar-refractivity contribution in [2.75, 3.05) is 21.3 Å². The molecule has 0 heterocycles. The lowest BCUT2D eigenvalue weighted by Gasteiger charge is -2.25. The van der Waals surface area contributed by atoms with Crippen LogP contribution in [0, 0.1) is 0 Å². The van der Waals surface area contributed by atoms with Gasteiger partial charge in [-0.15, -0.1) is 0 Å². The highest BCUT2D eigenvalue weighted by atomic mass is 31.2. The lowest BCUT2D eigenvalue weighted by Crippen LogP contribution is -1.98. The largest absolute Gasteiger partial charge is 0.238 e. The van der Waals surface area contributed by atoms with Crippen LogP contribution in [0.4, 0.5) is 0 Å². The minimum Gasteiger partial charge on any atom is -0.238 e. The SMILES string of the molecule is [B-][P+](OC)(OC)OC. The third-order valence-electron chi connectivity index (χ3n) is 0.763. The van der Waals surface area contributed by atoms with E-state index in [2.05, 4.69) is 13.6 Å². The molecule has 0 saturated carbocycles. The summed E-state index contributed by atoms with van der Waals surface area (Å²) in [4.78, 5) is 0. The van der Waals surface area contributed by atoms with Crippen LogP contribution in [0.3, 0.4) is 0 Å². The maximum Gasteiger partial charge on any atom is 0.130 e. The Balaban J connectivity index is 3.58. The molecule has 0 rings (SSSR count). The summed E-state index contributed by atoms with van der Waals surface area (Å²) in [6, 6.07) is 0. The van der Waals surface area contributed by atoms with Gasteiger partial charge in [0.05, 0.1) is 21.3 Å². The predicted octanol–water partition coefficient (Wildman–Crippen LogP) is 0.772. The van der Waals surface area contributed by atoms with Crippen LogP contribution >= 0.6 is 7.82 Å². The highest BCUT2D eigenvalue weighted by molar-refractivity contribution is 7.85. The molecule has 0 aliphatic heterocycles. The normalized spacial score (nSPS) is 12.0. The van der Waals surface area contributed by atoms with Crippen molar-refractivity contribution in [1.82, 2.24) is 0 Å². The summed E-state index contributed by atoms with van der Waals surface area (Å²) in [6.45, 7) is 0. The molecule has 0 amide bonds. The summed E-state index contributed by atoms with van der Waals surface area (Å²) in [5.74, 6) is 0. The molecular formula is C3H9BO3P. The van der Waals surface area contributed by atoms with Gasteiger partial charge in [0.25, 0.3) is 0 Å². The Hall–Kier alpha value is 0.375. The molecule has 0 spiro atoms. The second kappa shape index (κ2) is 3.41. The predicted molar refractivity (Wildman–Crippen MR) is 33.7 cm³/mol. The Morgan fingerprint density at radius 2 is 1.25 bits per heavy atom. The first kappa shape index (κ1) is 8.37. The van der Waals surface area contributed by atoms with Gasteiger partial charge < -0.3 is 0 Å². The first-order valence-electron chi connectivity index (χ1n) is 2.03. The van der Waals surface area contributed by atoms with Crippen molar-refractivity contribution >= 4 is 15.4 Å². The molecule has 0 bridgehead atoms. The molecule has 47 valence electrons. The fourth-order valence-electron chi connectivity index (χ4n) is 0.224. The highest BCUT2D eigenvalue weighted by Crippen LogP contribution is 2.54. The zero-order valence-electron chi connectivity index (χ0n) is 5.25. The molecule has 5 heteroatoms. The van der Waals surface area contributed by atoms with Gasteiger partial charge in [-0.05, 0) is 0 Å². The van der Waals surface area contributed by atoms with E-state index in [4.69, 9.17) is 7.57 Å². The van der Waals surface area contributed by atoms with Crippen molar-refractivity contribution in [2.24, 2.45) is 0 Å². The summed E-state index contributed by atoms with van der Waals surface area (Å²) < 4.78 is 14.0. The highest BCUT2D eigenvalue weighted by Gasteiger charge is 2.15. The van der Waals surface area contributed by atoms with Crippen LogP contribution in [0.25, 0.3) is 0 Å². The molecule has 3 radical (unpaired) electrons. The summed E-state index contributed by atoms with van der Waals surface area (Å²) in [6.07, 6.45) is 0. The standard InChI is InChI=1S/C3H9BO3P/c1-5-8(4,6-2)7-3/h1-3H3. The molecule has 3 nitrogen and oxygen atoms in total. The Bertz CT molecular complexity index is 57.3. The smallest absolute Gasteiger partial charge is 0.130 e. The number of hydrogen-bond acceptors (Lipinski definition) is 3. The molecule has 0 fully saturated rings. The van der Waals surface area contributed by atoms with E-state index < -0.39 is 7.82 Å². The van der Waals surface area contributed by atoms with Gasteiger partial charge in [-0.3, -0.25) is 0 Å². The lowest BCUT2D eigenvalue weighted by atomic mass is 10.8. The van der Waals surface area contributed by atoms with Crippen LogP contribution in [0.15, 0.2) is 0 Å². The molecule has 0 atom stereocenters. The molecule has 0 unspecified atom stereocenters. The Kier molecular flexibility index (Phi) is 3.57. The van der Waals surface area contributed by atoms with E-state index in [1.807, 2.05) is 0 Å². The fraction of sp³-hybridized carbons (Fsp3) is 1.00. The van der Waals surface area contributed by atoms with E-state index in [0.29, 0.717) is 0 Å². The van der Waals surface area contributed by atoms with Crippen molar-refractivity contribution < 1.29 is 13.6 Å². The monoisotopic (exact) mass is 135 g/mol. The lowest BCUT2D eigenvalue weighted by molar-refractivity contribution is 0.229. The fourth-order valence-corrected chi connectivity index (χ4v) is 0.671. The van der Waals surface area contributed by atoms with Gasteiger partial charge in [-0.1, -0.05) is 0 Å². The maximum absolute atomic E-state index is 5.34. The number of hydrogen-bond donors (Lipinski definition) is 0. The number of rotatable bonds is 3. The molecule has 0 aliphatic carbocycles. The van der Waals surface area contributed by atoms with Gasteiger partial charge in [0.1, 0.15) is 7.82 Å². The molecule has 0 aromatic rings. The molecular weight excluding hydrogens is 126 g/mol. The Labute approximate surface area is 51.3 Å². The van der Waals surface area contributed by atoms with Gasteiger partial charge in [-0.25, -0.2) is 13.6 Å². The summed E-state index contributed by atoms with van der Waals surface area (Å²) in [5.41, 5.74) is 0. The maximum atomic E-state index is 5.34. The van der Waals surface area contributed by atoms with E-state index >= 15 is 0 Å². The first-order valence-corrected chi connectivity index (χ1v) is 3.64. The van der Waals surface area contributed by atoms with Gasteiger partial charge in [-0.2, -0.15) is 7.57 Å². The van der Waals surface area contributed by atoms with Crippen molar-refractivity contribution in [3.05, 3.63) is 0 Å². The Morgan fingerprint density at radius 3 is 1.25 bits per heavy atom. The quantitative estimate of drug-likeness (QED) is 0.422. The molecule has 0 aromatic carbocycles. The topological polar surface area (TPSA) is 27.7 Å². The minimum absolute atomic E-state index is 1.45. The second-order valence-electron chi connectivity index (χ2n) is 1.09. The zero-order valence-corrected chi connectivity index (χ0v) is 6.14.